The summed E-state index contributed by atoms with van der Waals surface area (Å²) in [5, 5.41) is 4.12. The Kier molecular flexibility index (Phi) is 11.8. The summed E-state index contributed by atoms with van der Waals surface area (Å²) in [5.74, 6) is -1.08. The van der Waals surface area contributed by atoms with Crippen LogP contribution >= 0.6 is 46.4 Å². The Bertz CT molecular complexity index is 1730. The molecule has 0 spiro atoms. The van der Waals surface area contributed by atoms with Crippen molar-refractivity contribution in [3.63, 3.8) is 0 Å². The first-order valence-electron chi connectivity index (χ1n) is 14.0. The van der Waals surface area contributed by atoms with E-state index in [4.69, 9.17) is 46.4 Å². The number of nitrogens with zero attached hydrogens (tertiary/aromatic N) is 2. The van der Waals surface area contributed by atoms with Crippen molar-refractivity contribution in [1.29, 1.82) is 0 Å². The van der Waals surface area contributed by atoms with E-state index >= 15 is 0 Å². The fourth-order valence-corrected chi connectivity index (χ4v) is 6.92. The van der Waals surface area contributed by atoms with Crippen LogP contribution in [0.4, 0.5) is 5.69 Å². The van der Waals surface area contributed by atoms with Gasteiger partial charge in [0.15, 0.2) is 0 Å². The minimum absolute atomic E-state index is 0.0845. The van der Waals surface area contributed by atoms with Crippen LogP contribution in [0.5, 0.6) is 0 Å². The molecule has 0 aliphatic rings. The summed E-state index contributed by atoms with van der Waals surface area (Å²) in [6.45, 7) is 2.81. The zero-order chi connectivity index (χ0) is 32.7. The van der Waals surface area contributed by atoms with E-state index < -0.39 is 34.4 Å². The molecule has 236 valence electrons. The van der Waals surface area contributed by atoms with Gasteiger partial charge in [-0.1, -0.05) is 88.9 Å². The normalized spacial score (nSPS) is 12.1. The SMILES string of the molecule is CC(C)NC(=O)[C@H](Cc1ccccc1)N(Cc1c(Cl)cccc1Cl)C(=O)CN(c1cccc(Cl)c1)S(=O)(=O)c1ccc(Cl)cc1. The molecular formula is C33H31Cl4N3O4S. The molecule has 4 aromatic carbocycles. The first kappa shape index (κ1) is 34.6. The van der Waals surface area contributed by atoms with Crippen LogP contribution in [0.15, 0.2) is 102 Å². The molecule has 1 atom stereocenters. The predicted molar refractivity (Wildman–Crippen MR) is 182 cm³/mol. The molecule has 0 aliphatic carbocycles. The molecule has 0 aromatic heterocycles. The second-order valence-electron chi connectivity index (χ2n) is 10.5. The van der Waals surface area contributed by atoms with Gasteiger partial charge in [0.1, 0.15) is 12.6 Å². The summed E-state index contributed by atoms with van der Waals surface area (Å²) in [4.78, 5) is 29.5. The smallest absolute Gasteiger partial charge is 0.264 e. The maximum atomic E-state index is 14.5. The average molecular weight is 708 g/mol. The largest absolute Gasteiger partial charge is 0.352 e. The molecule has 0 radical (unpaired) electrons. The second kappa shape index (κ2) is 15.3. The van der Waals surface area contributed by atoms with E-state index in [1.807, 2.05) is 44.2 Å². The van der Waals surface area contributed by atoms with Crippen LogP contribution in [0.3, 0.4) is 0 Å². The standard InChI is InChI=1S/C33H31Cl4N3O4S/c1-22(2)38-33(42)31(18-23-8-4-3-5-9-23)39(20-28-29(36)12-7-13-30(28)37)32(41)21-40(26-11-6-10-25(35)19-26)45(43,44)27-16-14-24(34)15-17-27/h3-17,19,22,31H,18,20-21H2,1-2H3,(H,38,42)/t31-/m0/s1. The fourth-order valence-electron chi connectivity index (χ4n) is 4.68. The van der Waals surface area contributed by atoms with Gasteiger partial charge in [0.05, 0.1) is 10.6 Å². The maximum Gasteiger partial charge on any atom is 0.264 e. The van der Waals surface area contributed by atoms with Crippen molar-refractivity contribution in [2.45, 2.75) is 43.8 Å². The lowest BCUT2D eigenvalue weighted by Gasteiger charge is -2.34. The summed E-state index contributed by atoms with van der Waals surface area (Å²) < 4.78 is 29.1. The van der Waals surface area contributed by atoms with Crippen molar-refractivity contribution in [2.75, 3.05) is 10.8 Å². The number of hydrogen-bond donors (Lipinski definition) is 1. The number of amides is 2. The minimum atomic E-state index is -4.31. The molecule has 4 rings (SSSR count). The fraction of sp³-hybridized carbons (Fsp3) is 0.212. The molecule has 45 heavy (non-hydrogen) atoms. The van der Waals surface area contributed by atoms with Gasteiger partial charge in [-0.25, -0.2) is 8.42 Å². The van der Waals surface area contributed by atoms with E-state index in [1.54, 1.807) is 30.3 Å². The Balaban J connectivity index is 1.84. The van der Waals surface area contributed by atoms with Crippen LogP contribution in [0.1, 0.15) is 25.0 Å². The number of nitrogens with one attached hydrogen (secondary N) is 1. The van der Waals surface area contributed by atoms with Crippen LogP contribution in [-0.2, 0) is 32.6 Å². The van der Waals surface area contributed by atoms with Crippen molar-refractivity contribution < 1.29 is 18.0 Å². The number of anilines is 1. The van der Waals surface area contributed by atoms with E-state index in [0.717, 1.165) is 9.87 Å². The zero-order valence-electron chi connectivity index (χ0n) is 24.5. The van der Waals surface area contributed by atoms with E-state index in [0.29, 0.717) is 20.6 Å². The quantitative estimate of drug-likeness (QED) is 0.164. The molecule has 7 nitrogen and oxygen atoms in total. The van der Waals surface area contributed by atoms with Gasteiger partial charge in [0, 0.05) is 44.7 Å². The van der Waals surface area contributed by atoms with Crippen LogP contribution in [-0.4, -0.2) is 43.8 Å². The highest BCUT2D eigenvalue weighted by atomic mass is 35.5. The number of rotatable bonds is 12. The number of carbonyl (C=O) groups is 2. The molecule has 0 saturated carbocycles. The highest BCUT2D eigenvalue weighted by molar-refractivity contribution is 7.92. The van der Waals surface area contributed by atoms with Gasteiger partial charge < -0.3 is 10.2 Å². The highest BCUT2D eigenvalue weighted by Gasteiger charge is 2.35. The topological polar surface area (TPSA) is 86.8 Å². The summed E-state index contributed by atoms with van der Waals surface area (Å²) >= 11 is 25.4. The molecule has 0 fully saturated rings. The molecule has 1 N–H and O–H groups in total. The monoisotopic (exact) mass is 705 g/mol. The number of benzene rings is 4. The highest BCUT2D eigenvalue weighted by Crippen LogP contribution is 2.30. The molecule has 4 aromatic rings. The lowest BCUT2D eigenvalue weighted by atomic mass is 10.0. The molecular weight excluding hydrogens is 676 g/mol. The molecule has 0 bridgehead atoms. The number of halogens is 4. The zero-order valence-corrected chi connectivity index (χ0v) is 28.3. The Morgan fingerprint density at radius 1 is 0.778 bits per heavy atom. The van der Waals surface area contributed by atoms with Crippen LogP contribution in [0, 0.1) is 0 Å². The molecule has 0 unspecified atom stereocenters. The lowest BCUT2D eigenvalue weighted by Crippen LogP contribution is -2.54. The Morgan fingerprint density at radius 2 is 1.40 bits per heavy atom. The van der Waals surface area contributed by atoms with E-state index in [2.05, 4.69) is 5.32 Å². The molecule has 0 heterocycles. The van der Waals surface area contributed by atoms with Crippen molar-refractivity contribution in [3.8, 4) is 0 Å². The number of carbonyl (C=O) groups excluding carboxylic acids is 2. The Hall–Kier alpha value is -3.27. The minimum Gasteiger partial charge on any atom is -0.352 e. The van der Waals surface area contributed by atoms with E-state index in [9.17, 15) is 18.0 Å². The Labute approximate surface area is 283 Å². The Morgan fingerprint density at radius 3 is 2.00 bits per heavy atom. The van der Waals surface area contributed by atoms with Crippen LogP contribution < -0.4 is 9.62 Å². The van der Waals surface area contributed by atoms with Gasteiger partial charge in [-0.15, -0.1) is 0 Å². The first-order valence-corrected chi connectivity index (χ1v) is 16.9. The van der Waals surface area contributed by atoms with Gasteiger partial charge in [0.2, 0.25) is 11.8 Å². The lowest BCUT2D eigenvalue weighted by molar-refractivity contribution is -0.140. The molecule has 0 saturated heterocycles. The van der Waals surface area contributed by atoms with Gasteiger partial charge >= 0.3 is 0 Å². The van der Waals surface area contributed by atoms with Crippen LogP contribution in [0.25, 0.3) is 0 Å². The van der Waals surface area contributed by atoms with E-state index in [-0.39, 0.29) is 34.6 Å². The van der Waals surface area contributed by atoms with Crippen LogP contribution in [0.2, 0.25) is 20.1 Å². The summed E-state index contributed by atoms with van der Waals surface area (Å²) in [6.07, 6.45) is 0.147. The van der Waals surface area contributed by atoms with Gasteiger partial charge in [0.25, 0.3) is 10.0 Å². The number of sulfonamides is 1. The van der Waals surface area contributed by atoms with E-state index in [1.165, 1.54) is 41.3 Å². The number of hydrogen-bond acceptors (Lipinski definition) is 4. The second-order valence-corrected chi connectivity index (χ2v) is 14.1. The third-order valence-electron chi connectivity index (χ3n) is 6.87. The van der Waals surface area contributed by atoms with Gasteiger partial charge in [-0.2, -0.15) is 0 Å². The summed E-state index contributed by atoms with van der Waals surface area (Å²) in [6, 6.07) is 24.7. The van der Waals surface area contributed by atoms with Crippen molar-refractivity contribution in [3.05, 3.63) is 128 Å². The van der Waals surface area contributed by atoms with Crippen molar-refractivity contribution in [1.82, 2.24) is 10.2 Å². The average Bonchev–Trinajstić information content (AvgIpc) is 2.99. The van der Waals surface area contributed by atoms with Crippen molar-refractivity contribution >= 4 is 73.9 Å². The summed E-state index contributed by atoms with van der Waals surface area (Å²) in [7, 11) is -4.31. The third kappa shape index (κ3) is 8.93. The maximum absolute atomic E-state index is 14.5. The summed E-state index contributed by atoms with van der Waals surface area (Å²) in [5.41, 5.74) is 1.37. The van der Waals surface area contributed by atoms with Gasteiger partial charge in [-0.3, -0.25) is 13.9 Å². The first-order chi connectivity index (χ1) is 21.4. The predicted octanol–water partition coefficient (Wildman–Crippen LogP) is 7.66. The molecule has 0 aliphatic heterocycles. The molecule has 2 amide bonds. The van der Waals surface area contributed by atoms with Gasteiger partial charge in [-0.05, 0) is 74.0 Å². The molecule has 12 heteroatoms. The third-order valence-corrected chi connectivity index (χ3v) is 9.85. The van der Waals surface area contributed by atoms with Crippen molar-refractivity contribution in [2.24, 2.45) is 0 Å².